The minimum Gasteiger partial charge on any atom is -0.463 e. The van der Waals surface area contributed by atoms with Gasteiger partial charge >= 0.3 is 5.97 Å². The summed E-state index contributed by atoms with van der Waals surface area (Å²) >= 11 is 0. The van der Waals surface area contributed by atoms with Crippen LogP contribution in [-0.4, -0.2) is 65.1 Å². The predicted molar refractivity (Wildman–Crippen MR) is 174 cm³/mol. The number of carbonyl (C=O) groups is 3. The minimum absolute atomic E-state index is 0.0638. The molecule has 1 aliphatic heterocycles. The third-order valence-electron chi connectivity index (χ3n) is 9.07. The molecule has 2 aromatic rings. The number of aliphatic hydroxyl groups excluding tert-OH is 1. The van der Waals surface area contributed by atoms with E-state index in [4.69, 9.17) is 15.2 Å². The number of aliphatic hydroxyl groups is 1. The molecule has 0 saturated carbocycles. The number of Topliss-reactive ketones (excluding diaryl/α,β-unsaturated/α-hetero) is 2. The standard InChI is InChI=1S/C36H49N3O6/c1-6-8-10-26(20-38-7-2)22-44-34(43)36-33(42)31-27(17-23(3)4)11-9-12-29(31)32(41)35(36,45-36)19-28(21-40)24(5)13-14-25-15-16-39-30(37)18-25/h9,11-12,15-16,18,23,26,38,40H,6-8,10,13-14,17,19-22H2,1-5H3,(H2,37,39)/b28-24-/t26-,35+,36+/m1/s1. The first-order valence-corrected chi connectivity index (χ1v) is 16.3. The fourth-order valence-corrected chi connectivity index (χ4v) is 6.45. The van der Waals surface area contributed by atoms with Crippen LogP contribution in [0.25, 0.3) is 0 Å². The van der Waals surface area contributed by atoms with Crippen molar-refractivity contribution in [2.75, 3.05) is 32.0 Å². The van der Waals surface area contributed by atoms with Crippen LogP contribution in [0.15, 0.2) is 47.7 Å². The number of carbonyl (C=O) groups excluding carboxylic acids is 3. The summed E-state index contributed by atoms with van der Waals surface area (Å²) in [5, 5.41) is 13.8. The number of nitrogens with two attached hydrogens (primary N) is 1. The van der Waals surface area contributed by atoms with Crippen molar-refractivity contribution in [2.45, 2.75) is 90.8 Å². The van der Waals surface area contributed by atoms with Crippen LogP contribution in [0.1, 0.15) is 98.6 Å². The third-order valence-corrected chi connectivity index (χ3v) is 9.07. The topological polar surface area (TPSA) is 144 Å². The maximum Gasteiger partial charge on any atom is 0.350 e. The highest BCUT2D eigenvalue weighted by Crippen LogP contribution is 2.60. The summed E-state index contributed by atoms with van der Waals surface area (Å²) in [5.41, 5.74) is 5.61. The van der Waals surface area contributed by atoms with Gasteiger partial charge in [0, 0.05) is 36.2 Å². The molecule has 1 aromatic heterocycles. The molecule has 0 bridgehead atoms. The van der Waals surface area contributed by atoms with Crippen molar-refractivity contribution in [1.82, 2.24) is 10.3 Å². The highest BCUT2D eigenvalue weighted by atomic mass is 16.7. The van der Waals surface area contributed by atoms with Crippen LogP contribution in [-0.2, 0) is 27.1 Å². The molecule has 2 heterocycles. The normalized spacial score (nSPS) is 21.7. The van der Waals surface area contributed by atoms with Gasteiger partial charge in [-0.3, -0.25) is 9.59 Å². The molecule has 2 aliphatic rings. The van der Waals surface area contributed by atoms with E-state index < -0.39 is 28.7 Å². The number of anilines is 1. The number of benzene rings is 1. The van der Waals surface area contributed by atoms with Crippen molar-refractivity contribution in [1.29, 1.82) is 0 Å². The maximum absolute atomic E-state index is 14.5. The Bertz CT molecular complexity index is 1430. The van der Waals surface area contributed by atoms with Gasteiger partial charge in [-0.05, 0) is 73.9 Å². The van der Waals surface area contributed by atoms with Crippen molar-refractivity contribution in [3.05, 3.63) is 69.9 Å². The molecule has 4 rings (SSSR count). The molecule has 1 fully saturated rings. The summed E-state index contributed by atoms with van der Waals surface area (Å²) in [6.07, 6.45) is 6.22. The monoisotopic (exact) mass is 619 g/mol. The zero-order valence-electron chi connectivity index (χ0n) is 27.4. The third kappa shape index (κ3) is 7.05. The van der Waals surface area contributed by atoms with E-state index in [1.54, 1.807) is 24.4 Å². The Morgan fingerprint density at radius 2 is 1.96 bits per heavy atom. The summed E-state index contributed by atoms with van der Waals surface area (Å²) in [6.45, 7) is 11.3. The number of pyridine rings is 1. The number of esters is 1. The minimum atomic E-state index is -2.09. The van der Waals surface area contributed by atoms with E-state index >= 15 is 0 Å². The molecule has 9 nitrogen and oxygen atoms in total. The van der Waals surface area contributed by atoms with Crippen LogP contribution in [0.4, 0.5) is 5.82 Å². The van der Waals surface area contributed by atoms with E-state index in [0.29, 0.717) is 37.2 Å². The Hall–Kier alpha value is -3.40. The number of hydrogen-bond donors (Lipinski definition) is 3. The second kappa shape index (κ2) is 14.8. The van der Waals surface area contributed by atoms with Gasteiger partial charge in [0.05, 0.1) is 13.2 Å². The number of nitrogens with one attached hydrogen (secondary N) is 1. The first-order valence-electron chi connectivity index (χ1n) is 16.3. The quantitative estimate of drug-likeness (QED) is 0.0960. The van der Waals surface area contributed by atoms with Crippen molar-refractivity contribution in [3.8, 4) is 0 Å². The molecule has 4 N–H and O–H groups in total. The lowest BCUT2D eigenvalue weighted by molar-refractivity contribution is -0.149. The number of allylic oxidation sites excluding steroid dienone is 1. The predicted octanol–water partition coefficient (Wildman–Crippen LogP) is 5.04. The first kappa shape index (κ1) is 34.5. The summed E-state index contributed by atoms with van der Waals surface area (Å²) in [7, 11) is 0. The molecule has 0 unspecified atom stereocenters. The molecule has 0 spiro atoms. The first-order chi connectivity index (χ1) is 21.5. The van der Waals surface area contributed by atoms with E-state index in [-0.39, 0.29) is 42.6 Å². The molecule has 3 atom stereocenters. The molecule has 0 radical (unpaired) electrons. The van der Waals surface area contributed by atoms with Crippen molar-refractivity contribution in [3.63, 3.8) is 0 Å². The maximum atomic E-state index is 14.5. The lowest BCUT2D eigenvalue weighted by Crippen LogP contribution is -2.51. The number of hydrogen-bond acceptors (Lipinski definition) is 9. The SMILES string of the molecule is CCCC[C@H](CNCC)COC(=O)[C@]12O[C@@]1(C/C(CO)=C(\C)CCc1ccnc(N)c1)C(=O)c1cccc(CC(C)C)c1C2=O. The zero-order valence-corrected chi connectivity index (χ0v) is 27.4. The molecule has 0 amide bonds. The largest absolute Gasteiger partial charge is 0.463 e. The Labute approximate surface area is 267 Å². The number of rotatable bonds is 17. The number of fused-ring (bicyclic) bond motifs is 2. The molecular weight excluding hydrogens is 570 g/mol. The molecule has 1 aromatic carbocycles. The second-order valence-corrected chi connectivity index (χ2v) is 12.9. The van der Waals surface area contributed by atoms with E-state index in [0.717, 1.165) is 42.5 Å². The number of aryl methyl sites for hydroxylation is 1. The lowest BCUT2D eigenvalue weighted by Gasteiger charge is -2.27. The van der Waals surface area contributed by atoms with Crippen molar-refractivity contribution < 1.29 is 29.0 Å². The van der Waals surface area contributed by atoms with Crippen LogP contribution in [0.5, 0.6) is 0 Å². The van der Waals surface area contributed by atoms with Gasteiger partial charge in [0.1, 0.15) is 5.82 Å². The van der Waals surface area contributed by atoms with Gasteiger partial charge in [0.2, 0.25) is 5.78 Å². The van der Waals surface area contributed by atoms with Gasteiger partial charge in [-0.15, -0.1) is 0 Å². The van der Waals surface area contributed by atoms with Gasteiger partial charge in [-0.1, -0.05) is 64.3 Å². The van der Waals surface area contributed by atoms with Gasteiger partial charge < -0.3 is 25.6 Å². The zero-order chi connectivity index (χ0) is 32.8. The van der Waals surface area contributed by atoms with Gasteiger partial charge in [0.15, 0.2) is 11.4 Å². The van der Waals surface area contributed by atoms with E-state index in [1.165, 1.54) is 0 Å². The van der Waals surface area contributed by atoms with E-state index in [9.17, 15) is 19.5 Å². The molecule has 45 heavy (non-hydrogen) atoms. The second-order valence-electron chi connectivity index (χ2n) is 12.9. The summed E-state index contributed by atoms with van der Waals surface area (Å²) in [4.78, 5) is 46.9. The van der Waals surface area contributed by atoms with Crippen LogP contribution in [0, 0.1) is 11.8 Å². The fraction of sp³-hybridized carbons (Fsp3) is 0.556. The van der Waals surface area contributed by atoms with Gasteiger partial charge in [0.25, 0.3) is 5.60 Å². The van der Waals surface area contributed by atoms with Crippen LogP contribution in [0.3, 0.4) is 0 Å². The molecule has 9 heteroatoms. The average molecular weight is 620 g/mol. The Kier molecular flexibility index (Phi) is 11.3. The number of epoxide rings is 1. The van der Waals surface area contributed by atoms with Crippen molar-refractivity contribution in [2.24, 2.45) is 11.8 Å². The van der Waals surface area contributed by atoms with Crippen LogP contribution in [0.2, 0.25) is 0 Å². The van der Waals surface area contributed by atoms with Gasteiger partial charge in [-0.25, -0.2) is 9.78 Å². The average Bonchev–Trinajstić information content (AvgIpc) is 3.72. The number of nitrogen functional groups attached to an aromatic ring is 1. The number of ether oxygens (including phenoxy) is 2. The number of aromatic nitrogens is 1. The van der Waals surface area contributed by atoms with Crippen molar-refractivity contribution >= 4 is 23.4 Å². The number of nitrogens with zero attached hydrogens (tertiary/aromatic N) is 1. The Balaban J connectivity index is 1.70. The summed E-state index contributed by atoms with van der Waals surface area (Å²) in [5.74, 6) is -1.07. The highest BCUT2D eigenvalue weighted by molar-refractivity contribution is 6.33. The Morgan fingerprint density at radius 3 is 2.62 bits per heavy atom. The van der Waals surface area contributed by atoms with Crippen LogP contribution < -0.4 is 11.1 Å². The summed E-state index contributed by atoms with van der Waals surface area (Å²) in [6, 6.07) is 8.93. The van der Waals surface area contributed by atoms with E-state index in [1.807, 2.05) is 39.8 Å². The highest BCUT2D eigenvalue weighted by Gasteiger charge is 2.85. The van der Waals surface area contributed by atoms with Gasteiger partial charge in [-0.2, -0.15) is 0 Å². The van der Waals surface area contributed by atoms with Crippen LogP contribution >= 0.6 is 0 Å². The molecular formula is C36H49N3O6. The number of ketones is 2. The lowest BCUT2D eigenvalue weighted by atomic mass is 9.69. The molecule has 1 saturated heterocycles. The summed E-state index contributed by atoms with van der Waals surface area (Å²) < 4.78 is 12.1. The molecule has 1 aliphatic carbocycles. The Morgan fingerprint density at radius 1 is 1.18 bits per heavy atom. The number of unbranched alkanes of at least 4 members (excludes halogenated alkanes) is 1. The smallest absolute Gasteiger partial charge is 0.350 e. The molecule has 244 valence electrons. The fourth-order valence-electron chi connectivity index (χ4n) is 6.45. The van der Waals surface area contributed by atoms with E-state index in [2.05, 4.69) is 17.2 Å².